The highest BCUT2D eigenvalue weighted by molar-refractivity contribution is 5.78. The maximum atomic E-state index is 11.5. The Morgan fingerprint density at radius 2 is 2.11 bits per heavy atom. The Balaban J connectivity index is 1.92. The lowest BCUT2D eigenvalue weighted by molar-refractivity contribution is -0.131. The van der Waals surface area contributed by atoms with Crippen molar-refractivity contribution >= 4 is 5.91 Å². The van der Waals surface area contributed by atoms with Gasteiger partial charge in [-0.2, -0.15) is 0 Å². The van der Waals surface area contributed by atoms with E-state index in [4.69, 9.17) is 5.73 Å². The first-order valence-corrected chi connectivity index (χ1v) is 6.35. The molecule has 0 bridgehead atoms. The third-order valence-electron chi connectivity index (χ3n) is 3.51. The number of pyridine rings is 1. The molecule has 18 heavy (non-hydrogen) atoms. The number of carbonyl (C=O) groups is 1. The molecule has 1 aliphatic heterocycles. The molecule has 0 saturated carbocycles. The number of carbonyl (C=O) groups excluding carboxylic acids is 1. The van der Waals surface area contributed by atoms with Gasteiger partial charge in [0.15, 0.2) is 0 Å². The number of hydrogen-bond acceptors (Lipinski definition) is 4. The van der Waals surface area contributed by atoms with Crippen molar-refractivity contribution in [1.29, 1.82) is 0 Å². The van der Waals surface area contributed by atoms with Crippen LogP contribution in [-0.4, -0.2) is 53.4 Å². The van der Waals surface area contributed by atoms with E-state index in [0.717, 1.165) is 31.9 Å². The van der Waals surface area contributed by atoms with Gasteiger partial charge in [0.05, 0.1) is 12.2 Å². The van der Waals surface area contributed by atoms with Crippen LogP contribution >= 0.6 is 0 Å². The first-order valence-electron chi connectivity index (χ1n) is 6.35. The summed E-state index contributed by atoms with van der Waals surface area (Å²) in [5.41, 5.74) is 6.45. The van der Waals surface area contributed by atoms with Crippen LogP contribution in [0.25, 0.3) is 0 Å². The van der Waals surface area contributed by atoms with E-state index in [1.165, 1.54) is 0 Å². The fourth-order valence-electron chi connectivity index (χ4n) is 2.30. The van der Waals surface area contributed by atoms with Gasteiger partial charge in [0, 0.05) is 38.4 Å². The Bertz CT molecular complexity index is 387. The zero-order chi connectivity index (χ0) is 13.0. The van der Waals surface area contributed by atoms with E-state index in [9.17, 15) is 4.79 Å². The zero-order valence-corrected chi connectivity index (χ0v) is 10.7. The third-order valence-corrected chi connectivity index (χ3v) is 3.51. The summed E-state index contributed by atoms with van der Waals surface area (Å²) in [4.78, 5) is 20.1. The molecule has 2 N–H and O–H groups in total. The fraction of sp³-hybridized carbons (Fsp3) is 0.538. The van der Waals surface area contributed by atoms with Crippen molar-refractivity contribution in [1.82, 2.24) is 14.8 Å². The second kappa shape index (κ2) is 5.93. The molecule has 0 spiro atoms. The van der Waals surface area contributed by atoms with E-state index in [1.807, 2.05) is 29.3 Å². The number of piperazine rings is 1. The van der Waals surface area contributed by atoms with Crippen LogP contribution in [0.15, 0.2) is 24.4 Å². The maximum Gasteiger partial charge on any atom is 0.236 e. The first kappa shape index (κ1) is 13.0. The van der Waals surface area contributed by atoms with E-state index in [0.29, 0.717) is 6.04 Å². The highest BCUT2D eigenvalue weighted by atomic mass is 16.2. The molecular weight excluding hydrogens is 228 g/mol. The van der Waals surface area contributed by atoms with Crippen LogP contribution < -0.4 is 5.73 Å². The predicted molar refractivity (Wildman–Crippen MR) is 69.9 cm³/mol. The molecule has 1 saturated heterocycles. The number of nitrogens with two attached hydrogens (primary N) is 1. The molecule has 1 aromatic rings. The van der Waals surface area contributed by atoms with Gasteiger partial charge in [-0.1, -0.05) is 6.07 Å². The molecule has 1 unspecified atom stereocenters. The molecule has 98 valence electrons. The van der Waals surface area contributed by atoms with Crippen LogP contribution in [0, 0.1) is 0 Å². The van der Waals surface area contributed by atoms with Crippen molar-refractivity contribution in [3.05, 3.63) is 30.1 Å². The Kier molecular flexibility index (Phi) is 4.28. The van der Waals surface area contributed by atoms with Gasteiger partial charge < -0.3 is 10.6 Å². The van der Waals surface area contributed by atoms with Gasteiger partial charge in [-0.05, 0) is 19.1 Å². The molecule has 1 aliphatic rings. The van der Waals surface area contributed by atoms with Crippen molar-refractivity contribution < 1.29 is 4.79 Å². The lowest BCUT2D eigenvalue weighted by Gasteiger charge is -2.37. The van der Waals surface area contributed by atoms with Gasteiger partial charge in [-0.15, -0.1) is 0 Å². The highest BCUT2D eigenvalue weighted by Crippen LogP contribution is 2.19. The topological polar surface area (TPSA) is 62.5 Å². The largest absolute Gasteiger partial charge is 0.339 e. The quantitative estimate of drug-likeness (QED) is 0.832. The molecular formula is C13H20N4O. The van der Waals surface area contributed by atoms with Crippen molar-refractivity contribution in [3.63, 3.8) is 0 Å². The molecule has 0 aliphatic carbocycles. The fourth-order valence-corrected chi connectivity index (χ4v) is 2.30. The van der Waals surface area contributed by atoms with Gasteiger partial charge >= 0.3 is 0 Å². The summed E-state index contributed by atoms with van der Waals surface area (Å²) in [6.45, 7) is 5.53. The summed E-state index contributed by atoms with van der Waals surface area (Å²) in [5.74, 6) is 0.0418. The number of aromatic nitrogens is 1. The lowest BCUT2D eigenvalue weighted by atomic mass is 10.1. The SMILES string of the molecule is CC(c1ccccn1)N1CCN(C(=O)CN)CC1. The summed E-state index contributed by atoms with van der Waals surface area (Å²) in [7, 11) is 0. The van der Waals surface area contributed by atoms with Crippen molar-refractivity contribution in [2.75, 3.05) is 32.7 Å². The smallest absolute Gasteiger partial charge is 0.236 e. The average Bonchev–Trinajstić information content (AvgIpc) is 2.47. The van der Waals surface area contributed by atoms with Crippen molar-refractivity contribution in [3.8, 4) is 0 Å². The second-order valence-corrected chi connectivity index (χ2v) is 4.55. The van der Waals surface area contributed by atoms with Crippen LogP contribution in [-0.2, 0) is 4.79 Å². The molecule has 0 aromatic carbocycles. The zero-order valence-electron chi connectivity index (χ0n) is 10.7. The maximum absolute atomic E-state index is 11.5. The lowest BCUT2D eigenvalue weighted by Crippen LogP contribution is -2.50. The monoisotopic (exact) mass is 248 g/mol. The van der Waals surface area contributed by atoms with E-state index in [1.54, 1.807) is 0 Å². The number of hydrogen-bond donors (Lipinski definition) is 1. The minimum absolute atomic E-state index is 0.0418. The van der Waals surface area contributed by atoms with Crippen LogP contribution in [0.4, 0.5) is 0 Å². The predicted octanol–water partition coefficient (Wildman–Crippen LogP) is 0.246. The third kappa shape index (κ3) is 2.86. The normalized spacial score (nSPS) is 18.7. The Hall–Kier alpha value is -1.46. The van der Waals surface area contributed by atoms with Crippen LogP contribution in [0.5, 0.6) is 0 Å². The van der Waals surface area contributed by atoms with Crippen LogP contribution in [0.2, 0.25) is 0 Å². The number of rotatable bonds is 3. The minimum Gasteiger partial charge on any atom is -0.339 e. The van der Waals surface area contributed by atoms with E-state index in [-0.39, 0.29) is 12.5 Å². The summed E-state index contributed by atoms with van der Waals surface area (Å²) in [5, 5.41) is 0. The molecule has 1 aromatic heterocycles. The molecule has 2 rings (SSSR count). The molecule has 0 radical (unpaired) electrons. The van der Waals surface area contributed by atoms with E-state index >= 15 is 0 Å². The van der Waals surface area contributed by atoms with Gasteiger partial charge in [0.2, 0.25) is 5.91 Å². The van der Waals surface area contributed by atoms with Gasteiger partial charge in [0.25, 0.3) is 0 Å². The molecule has 5 heteroatoms. The van der Waals surface area contributed by atoms with Crippen LogP contribution in [0.1, 0.15) is 18.7 Å². The minimum atomic E-state index is 0.0418. The van der Waals surface area contributed by atoms with E-state index < -0.39 is 0 Å². The molecule has 5 nitrogen and oxygen atoms in total. The molecule has 1 atom stereocenters. The average molecular weight is 248 g/mol. The molecule has 1 fully saturated rings. The Morgan fingerprint density at radius 1 is 1.39 bits per heavy atom. The first-order chi connectivity index (χ1) is 8.72. The van der Waals surface area contributed by atoms with Gasteiger partial charge in [-0.3, -0.25) is 14.7 Å². The Labute approximate surface area is 108 Å². The van der Waals surface area contributed by atoms with Gasteiger partial charge in [0.1, 0.15) is 0 Å². The summed E-state index contributed by atoms with van der Waals surface area (Å²) < 4.78 is 0. The number of amides is 1. The highest BCUT2D eigenvalue weighted by Gasteiger charge is 2.24. The second-order valence-electron chi connectivity index (χ2n) is 4.55. The van der Waals surface area contributed by atoms with E-state index in [2.05, 4.69) is 16.8 Å². The Morgan fingerprint density at radius 3 is 2.67 bits per heavy atom. The summed E-state index contributed by atoms with van der Waals surface area (Å²) in [6.07, 6.45) is 1.82. The van der Waals surface area contributed by atoms with Crippen molar-refractivity contribution in [2.24, 2.45) is 5.73 Å². The molecule has 1 amide bonds. The standard InChI is InChI=1S/C13H20N4O/c1-11(12-4-2-3-5-15-12)16-6-8-17(9-7-16)13(18)10-14/h2-5,11H,6-10,14H2,1H3. The molecule has 2 heterocycles. The van der Waals surface area contributed by atoms with Crippen molar-refractivity contribution in [2.45, 2.75) is 13.0 Å². The van der Waals surface area contributed by atoms with Gasteiger partial charge in [-0.25, -0.2) is 0 Å². The summed E-state index contributed by atoms with van der Waals surface area (Å²) >= 11 is 0. The summed E-state index contributed by atoms with van der Waals surface area (Å²) in [6, 6.07) is 6.27. The number of nitrogens with zero attached hydrogens (tertiary/aromatic N) is 3. The van der Waals surface area contributed by atoms with Crippen LogP contribution in [0.3, 0.4) is 0 Å².